The van der Waals surface area contributed by atoms with E-state index in [1.165, 1.54) is 31.2 Å². The summed E-state index contributed by atoms with van der Waals surface area (Å²) in [4.78, 5) is 0. The summed E-state index contributed by atoms with van der Waals surface area (Å²) in [5.41, 5.74) is 1.23. The number of nitrogens with one attached hydrogen (secondary N) is 1. The molecule has 114 valence electrons. The van der Waals surface area contributed by atoms with Crippen LogP contribution in [0.2, 0.25) is 0 Å². The van der Waals surface area contributed by atoms with E-state index < -0.39 is 0 Å². The molecule has 0 amide bonds. The zero-order chi connectivity index (χ0) is 13.7. The van der Waals surface area contributed by atoms with Gasteiger partial charge in [0.2, 0.25) is 0 Å². The Morgan fingerprint density at radius 1 is 1.20 bits per heavy atom. The molecule has 1 aromatic carbocycles. The summed E-state index contributed by atoms with van der Waals surface area (Å²) in [6, 6.07) is 6.71. The molecule has 0 atom stereocenters. The van der Waals surface area contributed by atoms with Gasteiger partial charge in [-0.1, -0.05) is 19.9 Å². The van der Waals surface area contributed by atoms with Crippen molar-refractivity contribution in [1.29, 1.82) is 0 Å². The minimum atomic E-state index is 0. The predicted molar refractivity (Wildman–Crippen MR) is 85.1 cm³/mol. The average molecular weight is 300 g/mol. The molecule has 3 nitrogen and oxygen atoms in total. The van der Waals surface area contributed by atoms with Crippen molar-refractivity contribution in [3.8, 4) is 11.5 Å². The van der Waals surface area contributed by atoms with Crippen LogP contribution in [-0.4, -0.2) is 19.3 Å². The maximum atomic E-state index is 6.03. The number of rotatable bonds is 6. The fourth-order valence-electron chi connectivity index (χ4n) is 2.43. The smallest absolute Gasteiger partial charge is 0.161 e. The lowest BCUT2D eigenvalue weighted by molar-refractivity contribution is 0.200. The molecule has 2 rings (SSSR count). The lowest BCUT2D eigenvalue weighted by Gasteiger charge is -2.17. The van der Waals surface area contributed by atoms with Gasteiger partial charge in [0.05, 0.1) is 13.2 Å². The topological polar surface area (TPSA) is 30.5 Å². The Morgan fingerprint density at radius 2 is 1.90 bits per heavy atom. The molecule has 20 heavy (non-hydrogen) atoms. The monoisotopic (exact) mass is 299 g/mol. The molecule has 1 aromatic rings. The van der Waals surface area contributed by atoms with Crippen LogP contribution in [0, 0.1) is 0 Å². The van der Waals surface area contributed by atoms with Crippen LogP contribution < -0.4 is 14.8 Å². The van der Waals surface area contributed by atoms with Gasteiger partial charge in [0, 0.05) is 12.6 Å². The highest BCUT2D eigenvalue weighted by molar-refractivity contribution is 5.85. The molecule has 0 aliphatic heterocycles. The molecule has 0 radical (unpaired) electrons. The first-order chi connectivity index (χ1) is 9.19. The summed E-state index contributed by atoms with van der Waals surface area (Å²) in [7, 11) is 1.70. The first kappa shape index (κ1) is 17.1. The van der Waals surface area contributed by atoms with Crippen molar-refractivity contribution in [2.24, 2.45) is 0 Å². The molecule has 0 heterocycles. The van der Waals surface area contributed by atoms with Gasteiger partial charge in [-0.05, 0) is 43.4 Å². The Hall–Kier alpha value is -0.930. The van der Waals surface area contributed by atoms with Gasteiger partial charge in [-0.25, -0.2) is 0 Å². The molecule has 1 N–H and O–H groups in total. The van der Waals surface area contributed by atoms with Crippen LogP contribution in [-0.2, 0) is 6.54 Å². The summed E-state index contributed by atoms with van der Waals surface area (Å²) in [6.07, 6.45) is 5.26. The molecule has 0 spiro atoms. The lowest BCUT2D eigenvalue weighted by Crippen LogP contribution is -2.21. The third kappa shape index (κ3) is 4.88. The van der Waals surface area contributed by atoms with Gasteiger partial charge in [0.25, 0.3) is 0 Å². The molecule has 1 saturated carbocycles. The highest BCUT2D eigenvalue weighted by atomic mass is 35.5. The molecular weight excluding hydrogens is 274 g/mol. The Morgan fingerprint density at radius 3 is 2.50 bits per heavy atom. The van der Waals surface area contributed by atoms with Crippen molar-refractivity contribution < 1.29 is 9.47 Å². The van der Waals surface area contributed by atoms with Gasteiger partial charge >= 0.3 is 0 Å². The summed E-state index contributed by atoms with van der Waals surface area (Å²) in [5.74, 6) is 1.72. The maximum Gasteiger partial charge on any atom is 0.161 e. The Balaban J connectivity index is 0.00000200. The number of ether oxygens (including phenoxy) is 2. The van der Waals surface area contributed by atoms with Crippen molar-refractivity contribution in [3.05, 3.63) is 23.8 Å². The third-order valence-corrected chi connectivity index (χ3v) is 3.54. The molecule has 4 heteroatoms. The molecule has 0 saturated heterocycles. The number of methoxy groups -OCH3 is 1. The molecule has 0 bridgehead atoms. The van der Waals surface area contributed by atoms with Crippen LogP contribution in [0.4, 0.5) is 0 Å². The van der Waals surface area contributed by atoms with Crippen molar-refractivity contribution in [1.82, 2.24) is 5.32 Å². The van der Waals surface area contributed by atoms with E-state index in [1.54, 1.807) is 7.11 Å². The lowest BCUT2D eigenvalue weighted by atomic mass is 10.2. The number of hydrogen-bond acceptors (Lipinski definition) is 3. The number of benzene rings is 1. The summed E-state index contributed by atoms with van der Waals surface area (Å²) >= 11 is 0. The van der Waals surface area contributed by atoms with Crippen LogP contribution in [0.15, 0.2) is 18.2 Å². The molecule has 0 aromatic heterocycles. The van der Waals surface area contributed by atoms with Gasteiger partial charge in [-0.15, -0.1) is 12.4 Å². The van der Waals surface area contributed by atoms with E-state index in [1.807, 2.05) is 6.07 Å². The first-order valence-corrected chi connectivity index (χ1v) is 7.26. The average Bonchev–Trinajstić information content (AvgIpc) is 2.90. The predicted octanol–water partition coefficient (Wildman–Crippen LogP) is 3.94. The quantitative estimate of drug-likeness (QED) is 0.863. The zero-order valence-corrected chi connectivity index (χ0v) is 13.5. The molecule has 1 aliphatic rings. The summed E-state index contributed by atoms with van der Waals surface area (Å²) in [6.45, 7) is 5.15. The van der Waals surface area contributed by atoms with Crippen molar-refractivity contribution in [3.63, 3.8) is 0 Å². The second-order valence-corrected chi connectivity index (χ2v) is 5.55. The van der Waals surface area contributed by atoms with Crippen molar-refractivity contribution >= 4 is 12.4 Å². The Labute approximate surface area is 128 Å². The second kappa shape index (κ2) is 8.38. The van der Waals surface area contributed by atoms with Gasteiger partial charge in [0.1, 0.15) is 0 Å². The number of hydrogen-bond donors (Lipinski definition) is 1. The maximum absolute atomic E-state index is 6.03. The van der Waals surface area contributed by atoms with E-state index in [2.05, 4.69) is 31.3 Å². The van der Waals surface area contributed by atoms with Crippen LogP contribution in [0.25, 0.3) is 0 Å². The van der Waals surface area contributed by atoms with Crippen molar-refractivity contribution in [2.75, 3.05) is 7.11 Å². The van der Waals surface area contributed by atoms with E-state index in [9.17, 15) is 0 Å². The van der Waals surface area contributed by atoms with E-state index in [4.69, 9.17) is 9.47 Å². The second-order valence-electron chi connectivity index (χ2n) is 5.55. The SMILES string of the molecule is COc1cc(CNC(C)C)ccc1OC1CCCC1.Cl. The molecular formula is C16H26ClNO2. The Kier molecular flexibility index (Phi) is 7.17. The minimum Gasteiger partial charge on any atom is -0.493 e. The summed E-state index contributed by atoms with van der Waals surface area (Å²) in [5, 5.41) is 3.41. The first-order valence-electron chi connectivity index (χ1n) is 7.26. The normalized spacial score (nSPS) is 15.2. The van der Waals surface area contributed by atoms with Crippen molar-refractivity contribution in [2.45, 2.75) is 58.2 Å². The van der Waals surface area contributed by atoms with Gasteiger partial charge in [0.15, 0.2) is 11.5 Å². The highest BCUT2D eigenvalue weighted by Crippen LogP contribution is 2.32. The highest BCUT2D eigenvalue weighted by Gasteiger charge is 2.18. The third-order valence-electron chi connectivity index (χ3n) is 3.54. The van der Waals surface area contributed by atoms with Gasteiger partial charge in [-0.3, -0.25) is 0 Å². The number of halogens is 1. The summed E-state index contributed by atoms with van der Waals surface area (Å²) < 4.78 is 11.5. The van der Waals surface area contributed by atoms with Crippen LogP contribution in [0.3, 0.4) is 0 Å². The van der Waals surface area contributed by atoms with Crippen LogP contribution in [0.1, 0.15) is 45.1 Å². The van der Waals surface area contributed by atoms with Crippen LogP contribution >= 0.6 is 12.4 Å². The Bertz CT molecular complexity index is 403. The van der Waals surface area contributed by atoms with E-state index in [0.29, 0.717) is 12.1 Å². The molecule has 1 aliphatic carbocycles. The molecule has 1 fully saturated rings. The largest absolute Gasteiger partial charge is 0.493 e. The standard InChI is InChI=1S/C16H25NO2.ClH/c1-12(2)17-11-13-8-9-15(16(10-13)18-3)19-14-6-4-5-7-14;/h8-10,12,14,17H,4-7,11H2,1-3H3;1H. The minimum absolute atomic E-state index is 0. The van der Waals surface area contributed by atoms with E-state index in [-0.39, 0.29) is 12.4 Å². The van der Waals surface area contributed by atoms with Gasteiger partial charge < -0.3 is 14.8 Å². The van der Waals surface area contributed by atoms with Crippen LogP contribution in [0.5, 0.6) is 11.5 Å². The van der Waals surface area contributed by atoms with Gasteiger partial charge in [-0.2, -0.15) is 0 Å². The van der Waals surface area contributed by atoms with E-state index in [0.717, 1.165) is 18.0 Å². The molecule has 0 unspecified atom stereocenters. The van der Waals surface area contributed by atoms with E-state index >= 15 is 0 Å². The zero-order valence-electron chi connectivity index (χ0n) is 12.6. The fourth-order valence-corrected chi connectivity index (χ4v) is 2.43. The fraction of sp³-hybridized carbons (Fsp3) is 0.625.